The molecule has 0 spiro atoms. The number of aliphatic imine (C=N–C) groups is 2. The summed E-state index contributed by atoms with van der Waals surface area (Å²) in [6.45, 7) is 4.85. The van der Waals surface area contributed by atoms with Gasteiger partial charge in [-0.2, -0.15) is 0 Å². The Hall–Kier alpha value is -3.71. The molecule has 0 aliphatic heterocycles. The van der Waals surface area contributed by atoms with Gasteiger partial charge in [0.1, 0.15) is 17.0 Å². The monoisotopic (exact) mass is 400 g/mol. The number of nitrogens with zero attached hydrogens (tertiary/aromatic N) is 3. The van der Waals surface area contributed by atoms with Crippen LogP contribution in [0.4, 0.5) is 5.69 Å². The molecule has 1 aliphatic carbocycles. The molecule has 1 N–H and O–H groups in total. The first-order valence-electron chi connectivity index (χ1n) is 8.80. The maximum absolute atomic E-state index is 12.6. The maximum atomic E-state index is 12.6. The van der Waals surface area contributed by atoms with E-state index in [9.17, 15) is 9.59 Å². The molecule has 0 saturated heterocycles. The average Bonchev–Trinajstić information content (AvgIpc) is 3.16. The van der Waals surface area contributed by atoms with E-state index in [0.717, 1.165) is 27.1 Å². The maximum Gasteiger partial charge on any atom is 0.207 e. The van der Waals surface area contributed by atoms with Gasteiger partial charge < -0.3 is 5.32 Å². The summed E-state index contributed by atoms with van der Waals surface area (Å²) in [6.07, 6.45) is 2.41. The van der Waals surface area contributed by atoms with Crippen LogP contribution in [0.5, 0.6) is 0 Å². The first kappa shape index (κ1) is 18.6. The summed E-state index contributed by atoms with van der Waals surface area (Å²) in [7, 11) is 0. The van der Waals surface area contributed by atoms with Gasteiger partial charge in [-0.05, 0) is 50.0 Å². The van der Waals surface area contributed by atoms with E-state index in [2.05, 4.69) is 27.0 Å². The standard InChI is InChI=1S/C22H16N4O2S/c1-13-20(24-12-23-2)18(27)11-17(21(13)28)25-15-9-7-14(8-10-15)22-26-16-5-3-4-6-19(16)29-22/h3-12,25H,2H2,1H3. The first-order valence-corrected chi connectivity index (χ1v) is 9.61. The van der Waals surface area contributed by atoms with Crippen LogP contribution in [-0.4, -0.2) is 29.6 Å². The van der Waals surface area contributed by atoms with Crippen molar-refractivity contribution in [2.24, 2.45) is 9.98 Å². The Morgan fingerprint density at radius 3 is 2.59 bits per heavy atom. The summed E-state index contributed by atoms with van der Waals surface area (Å²) in [5.74, 6) is -0.633. The quantitative estimate of drug-likeness (QED) is 0.390. The number of benzene rings is 2. The molecule has 0 saturated carbocycles. The Labute approximate surface area is 171 Å². The molecule has 0 radical (unpaired) electrons. The van der Waals surface area contributed by atoms with Crippen LogP contribution in [0, 0.1) is 0 Å². The lowest BCUT2D eigenvalue weighted by atomic mass is 9.98. The Morgan fingerprint density at radius 1 is 1.10 bits per heavy atom. The fraction of sp³-hybridized carbons (Fsp3) is 0.0455. The number of hydrogen-bond donors (Lipinski definition) is 1. The molecule has 0 amide bonds. The van der Waals surface area contributed by atoms with E-state index in [1.54, 1.807) is 18.3 Å². The number of aromatic nitrogens is 1. The fourth-order valence-corrected chi connectivity index (χ4v) is 3.93. The second kappa shape index (κ2) is 7.73. The minimum absolute atomic E-state index is 0.0825. The van der Waals surface area contributed by atoms with Crippen molar-refractivity contribution in [3.8, 4) is 10.6 Å². The lowest BCUT2D eigenvalue weighted by Crippen LogP contribution is -2.21. The number of hydrogen-bond acceptors (Lipinski definition) is 6. The summed E-state index contributed by atoms with van der Waals surface area (Å²) in [6, 6.07) is 15.6. The number of fused-ring (bicyclic) bond motifs is 1. The van der Waals surface area contributed by atoms with Gasteiger partial charge in [0.05, 0.1) is 15.9 Å². The average molecular weight is 400 g/mol. The third-order valence-corrected chi connectivity index (χ3v) is 5.51. The molecule has 2 aromatic carbocycles. The normalized spacial score (nSPS) is 14.6. The minimum Gasteiger partial charge on any atom is -0.352 e. The van der Waals surface area contributed by atoms with Crippen molar-refractivity contribution in [2.75, 3.05) is 5.32 Å². The predicted molar refractivity (Wildman–Crippen MR) is 118 cm³/mol. The molecule has 0 fully saturated rings. The smallest absolute Gasteiger partial charge is 0.207 e. The van der Waals surface area contributed by atoms with Crippen LogP contribution in [0.1, 0.15) is 6.92 Å². The topological polar surface area (TPSA) is 83.8 Å². The predicted octanol–water partition coefficient (Wildman–Crippen LogP) is 4.41. The summed E-state index contributed by atoms with van der Waals surface area (Å²) in [4.78, 5) is 36.9. The molecule has 0 bridgehead atoms. The molecule has 142 valence electrons. The highest BCUT2D eigenvalue weighted by Crippen LogP contribution is 2.31. The number of para-hydroxylation sites is 1. The highest BCUT2D eigenvalue weighted by Gasteiger charge is 2.25. The third kappa shape index (κ3) is 3.68. The van der Waals surface area contributed by atoms with Gasteiger partial charge in [0.15, 0.2) is 0 Å². The number of anilines is 1. The fourth-order valence-electron chi connectivity index (χ4n) is 2.96. The van der Waals surface area contributed by atoms with E-state index >= 15 is 0 Å². The Bertz CT molecular complexity index is 1200. The molecule has 1 heterocycles. The lowest BCUT2D eigenvalue weighted by Gasteiger charge is -2.15. The van der Waals surface area contributed by atoms with E-state index in [1.165, 1.54) is 6.08 Å². The van der Waals surface area contributed by atoms with Gasteiger partial charge in [0, 0.05) is 22.9 Å². The van der Waals surface area contributed by atoms with Crippen molar-refractivity contribution in [1.82, 2.24) is 4.98 Å². The summed E-state index contributed by atoms with van der Waals surface area (Å²) in [5.41, 5.74) is 3.23. The number of carbonyl (C=O) groups is 2. The van der Waals surface area contributed by atoms with Crippen molar-refractivity contribution < 1.29 is 9.59 Å². The Kier molecular flexibility index (Phi) is 4.97. The van der Waals surface area contributed by atoms with Gasteiger partial charge in [-0.3, -0.25) is 14.6 Å². The molecule has 1 aromatic heterocycles. The van der Waals surface area contributed by atoms with E-state index in [4.69, 9.17) is 0 Å². The van der Waals surface area contributed by atoms with Crippen molar-refractivity contribution in [3.05, 3.63) is 71.6 Å². The molecule has 4 rings (SSSR count). The number of Topliss-reactive ketones (excluding diaryl/α,β-unsaturated/α-hetero) is 1. The minimum atomic E-state index is -0.351. The van der Waals surface area contributed by atoms with Crippen LogP contribution in [0.3, 0.4) is 0 Å². The van der Waals surface area contributed by atoms with Gasteiger partial charge >= 0.3 is 0 Å². The second-order valence-corrected chi connectivity index (χ2v) is 7.37. The van der Waals surface area contributed by atoms with Gasteiger partial charge in [-0.1, -0.05) is 12.1 Å². The van der Waals surface area contributed by atoms with Gasteiger partial charge in [-0.15, -0.1) is 11.3 Å². The van der Waals surface area contributed by atoms with Gasteiger partial charge in [-0.25, -0.2) is 9.98 Å². The zero-order valence-corrected chi connectivity index (χ0v) is 16.4. The molecule has 6 nitrogen and oxygen atoms in total. The number of nitrogens with one attached hydrogen (secondary N) is 1. The van der Waals surface area contributed by atoms with Crippen LogP contribution in [0.2, 0.25) is 0 Å². The van der Waals surface area contributed by atoms with Crippen LogP contribution in [-0.2, 0) is 9.59 Å². The zero-order chi connectivity index (χ0) is 20.4. The Morgan fingerprint density at radius 2 is 1.86 bits per heavy atom. The number of carbonyl (C=O) groups excluding carboxylic acids is 2. The van der Waals surface area contributed by atoms with Crippen molar-refractivity contribution in [3.63, 3.8) is 0 Å². The van der Waals surface area contributed by atoms with Crippen LogP contribution in [0.25, 0.3) is 20.8 Å². The molecular formula is C22H16N4O2S. The molecule has 29 heavy (non-hydrogen) atoms. The van der Waals surface area contributed by atoms with Gasteiger partial charge in [0.25, 0.3) is 0 Å². The van der Waals surface area contributed by atoms with Crippen molar-refractivity contribution in [2.45, 2.75) is 6.92 Å². The van der Waals surface area contributed by atoms with E-state index in [0.29, 0.717) is 5.69 Å². The van der Waals surface area contributed by atoms with Crippen LogP contribution in [0.15, 0.2) is 81.6 Å². The van der Waals surface area contributed by atoms with E-state index in [1.807, 2.05) is 48.5 Å². The molecular weight excluding hydrogens is 384 g/mol. The molecule has 1 aliphatic rings. The zero-order valence-electron chi connectivity index (χ0n) is 15.5. The largest absolute Gasteiger partial charge is 0.352 e. The number of allylic oxidation sites excluding steroid dienone is 2. The number of ketones is 2. The highest BCUT2D eigenvalue weighted by molar-refractivity contribution is 7.21. The van der Waals surface area contributed by atoms with Crippen LogP contribution >= 0.6 is 11.3 Å². The summed E-state index contributed by atoms with van der Waals surface area (Å²) in [5, 5.41) is 3.95. The van der Waals surface area contributed by atoms with E-state index < -0.39 is 0 Å². The molecule has 0 unspecified atom stereocenters. The van der Waals surface area contributed by atoms with Gasteiger partial charge in [0.2, 0.25) is 11.6 Å². The first-order chi connectivity index (χ1) is 14.1. The number of rotatable bonds is 5. The summed E-state index contributed by atoms with van der Waals surface area (Å²) < 4.78 is 1.13. The highest BCUT2D eigenvalue weighted by atomic mass is 32.1. The molecule has 3 aromatic rings. The Balaban J connectivity index is 1.55. The molecule has 0 atom stereocenters. The second-order valence-electron chi connectivity index (χ2n) is 6.34. The summed E-state index contributed by atoms with van der Waals surface area (Å²) >= 11 is 1.63. The third-order valence-electron chi connectivity index (χ3n) is 4.42. The van der Waals surface area contributed by atoms with Crippen molar-refractivity contribution in [1.29, 1.82) is 0 Å². The number of thiazole rings is 1. The lowest BCUT2D eigenvalue weighted by molar-refractivity contribution is -0.115. The SMILES string of the molecule is C=NC=NC1=C(C)C(=O)C(Nc2ccc(-c3nc4ccccc4s3)cc2)=CC1=O. The molecule has 7 heteroatoms. The van der Waals surface area contributed by atoms with Crippen LogP contribution < -0.4 is 5.32 Å². The van der Waals surface area contributed by atoms with Crippen molar-refractivity contribution >= 4 is 51.9 Å². The van der Waals surface area contributed by atoms with E-state index in [-0.39, 0.29) is 28.5 Å².